The fourth-order valence-corrected chi connectivity index (χ4v) is 5.66. The minimum atomic E-state index is -0.987. The van der Waals surface area contributed by atoms with Crippen molar-refractivity contribution in [3.05, 3.63) is 116 Å². The van der Waals surface area contributed by atoms with Crippen LogP contribution in [0.5, 0.6) is 0 Å². The molecule has 226 valence electrons. The Kier molecular flexibility index (Phi) is 9.29. The number of benzene rings is 3. The van der Waals surface area contributed by atoms with E-state index < -0.39 is 35.0 Å². The van der Waals surface area contributed by atoms with E-state index in [1.165, 1.54) is 15.5 Å². The Morgan fingerprint density at radius 3 is 2.23 bits per heavy atom. The van der Waals surface area contributed by atoms with Gasteiger partial charge in [0.25, 0.3) is 11.8 Å². The van der Waals surface area contributed by atoms with Crippen molar-refractivity contribution in [2.45, 2.75) is 44.3 Å². The molecule has 3 amide bonds. The van der Waals surface area contributed by atoms with Crippen LogP contribution in [-0.4, -0.2) is 55.9 Å². The van der Waals surface area contributed by atoms with E-state index in [9.17, 15) is 24.0 Å². The van der Waals surface area contributed by atoms with Gasteiger partial charge in [-0.1, -0.05) is 66.7 Å². The number of aromatic amines is 1. The standard InChI is InChI=1S/C32H32N6O5S/c33-27(39)23(18-20-10-3-1-4-11-20)34-28(40)22-14-9-15-25-26(22)36-29(41)31(43)37(25)16-7-8-17-38-30(42)24(35-32(38)44)19-21-12-5-2-6-13-21/h1-6,9-15,23-24H,7-8,16-19H2,(H2,33,39)(H,34,40)(H,35,44)(H,36,41)/t23-,24?/m0/s1. The number of carbonyl (C=O) groups excluding carboxylic acids is 3. The van der Waals surface area contributed by atoms with Gasteiger partial charge in [0.15, 0.2) is 5.11 Å². The first-order valence-corrected chi connectivity index (χ1v) is 14.7. The highest BCUT2D eigenvalue weighted by molar-refractivity contribution is 7.80. The number of unbranched alkanes of at least 4 members (excludes halogenated alkanes) is 1. The van der Waals surface area contributed by atoms with Crippen LogP contribution in [0.1, 0.15) is 34.3 Å². The summed E-state index contributed by atoms with van der Waals surface area (Å²) < 4.78 is 1.32. The van der Waals surface area contributed by atoms with Crippen LogP contribution in [0.15, 0.2) is 88.5 Å². The van der Waals surface area contributed by atoms with Crippen LogP contribution in [-0.2, 0) is 29.0 Å². The number of H-pyrrole nitrogens is 1. The van der Waals surface area contributed by atoms with Gasteiger partial charge in [-0.2, -0.15) is 0 Å². The molecule has 5 N–H and O–H groups in total. The molecule has 12 heteroatoms. The largest absolute Gasteiger partial charge is 0.368 e. The molecule has 0 saturated carbocycles. The maximum absolute atomic E-state index is 13.3. The molecule has 1 aliphatic rings. The first kappa shape index (κ1) is 30.4. The van der Waals surface area contributed by atoms with Crippen LogP contribution in [0, 0.1) is 0 Å². The van der Waals surface area contributed by atoms with E-state index >= 15 is 0 Å². The van der Waals surface area contributed by atoms with Crippen LogP contribution in [0.3, 0.4) is 0 Å². The molecule has 1 unspecified atom stereocenters. The number of nitrogens with one attached hydrogen (secondary N) is 3. The minimum Gasteiger partial charge on any atom is -0.368 e. The molecule has 1 fully saturated rings. The van der Waals surface area contributed by atoms with E-state index in [4.69, 9.17) is 18.0 Å². The molecule has 2 atom stereocenters. The van der Waals surface area contributed by atoms with Crippen LogP contribution < -0.4 is 27.5 Å². The molecule has 1 saturated heterocycles. The third kappa shape index (κ3) is 6.76. The van der Waals surface area contributed by atoms with Crippen molar-refractivity contribution in [3.8, 4) is 0 Å². The van der Waals surface area contributed by atoms with Crippen molar-refractivity contribution < 1.29 is 14.4 Å². The molecule has 0 spiro atoms. The third-order valence-corrected chi connectivity index (χ3v) is 7.93. The monoisotopic (exact) mass is 612 g/mol. The maximum atomic E-state index is 13.3. The van der Waals surface area contributed by atoms with Gasteiger partial charge in [0.05, 0.1) is 16.6 Å². The summed E-state index contributed by atoms with van der Waals surface area (Å²) in [6.45, 7) is 0.535. The van der Waals surface area contributed by atoms with Crippen molar-refractivity contribution in [3.63, 3.8) is 0 Å². The average Bonchev–Trinajstić information content (AvgIpc) is 3.28. The van der Waals surface area contributed by atoms with Gasteiger partial charge in [-0.25, -0.2) is 0 Å². The Balaban J connectivity index is 1.27. The first-order valence-electron chi connectivity index (χ1n) is 14.3. The Labute approximate surface area is 258 Å². The molecular formula is C32H32N6O5S. The molecule has 3 aromatic carbocycles. The number of hydrogen-bond donors (Lipinski definition) is 4. The Hall–Kier alpha value is -5.10. The quantitative estimate of drug-likeness (QED) is 0.108. The number of rotatable bonds is 12. The number of fused-ring (bicyclic) bond motifs is 1. The number of aromatic nitrogens is 2. The molecule has 2 heterocycles. The van der Waals surface area contributed by atoms with Crippen molar-refractivity contribution >= 4 is 46.1 Å². The van der Waals surface area contributed by atoms with Crippen molar-refractivity contribution in [1.29, 1.82) is 0 Å². The first-order chi connectivity index (χ1) is 21.2. The summed E-state index contributed by atoms with van der Waals surface area (Å²) in [6, 6.07) is 22.1. The summed E-state index contributed by atoms with van der Waals surface area (Å²) in [7, 11) is 0. The maximum Gasteiger partial charge on any atom is 0.316 e. The highest BCUT2D eigenvalue weighted by atomic mass is 32.1. The van der Waals surface area contributed by atoms with Gasteiger partial charge in [0.1, 0.15) is 12.1 Å². The van der Waals surface area contributed by atoms with Gasteiger partial charge in [-0.3, -0.25) is 28.9 Å². The smallest absolute Gasteiger partial charge is 0.316 e. The lowest BCUT2D eigenvalue weighted by Gasteiger charge is -2.17. The van der Waals surface area contributed by atoms with Gasteiger partial charge in [0, 0.05) is 25.9 Å². The molecule has 11 nitrogen and oxygen atoms in total. The number of nitrogens with zero attached hydrogens (tertiary/aromatic N) is 2. The van der Waals surface area contributed by atoms with Crippen molar-refractivity contribution in [2.24, 2.45) is 5.73 Å². The van der Waals surface area contributed by atoms with E-state index in [0.29, 0.717) is 36.4 Å². The van der Waals surface area contributed by atoms with Gasteiger partial charge in [-0.05, 0) is 48.3 Å². The fraction of sp³-hybridized carbons (Fsp3) is 0.250. The predicted molar refractivity (Wildman–Crippen MR) is 170 cm³/mol. The average molecular weight is 613 g/mol. The Bertz CT molecular complexity index is 1820. The van der Waals surface area contributed by atoms with Crippen LogP contribution in [0.25, 0.3) is 11.0 Å². The second-order valence-electron chi connectivity index (χ2n) is 10.6. The number of aryl methyl sites for hydroxylation is 1. The number of carbonyl (C=O) groups is 3. The lowest BCUT2D eigenvalue weighted by molar-refractivity contribution is -0.127. The molecule has 0 aliphatic carbocycles. The predicted octanol–water partition coefficient (Wildman–Crippen LogP) is 1.62. The van der Waals surface area contributed by atoms with Gasteiger partial charge >= 0.3 is 11.1 Å². The minimum absolute atomic E-state index is 0.0937. The molecule has 0 bridgehead atoms. The van der Waals surface area contributed by atoms with E-state index in [2.05, 4.69) is 15.6 Å². The number of amides is 3. The van der Waals surface area contributed by atoms with Gasteiger partial charge < -0.3 is 25.9 Å². The van der Waals surface area contributed by atoms with Crippen LogP contribution in [0.4, 0.5) is 0 Å². The number of nitrogens with two attached hydrogens (primary N) is 1. The molecule has 1 aliphatic heterocycles. The Morgan fingerprint density at radius 2 is 1.55 bits per heavy atom. The van der Waals surface area contributed by atoms with Gasteiger partial charge in [-0.15, -0.1) is 0 Å². The van der Waals surface area contributed by atoms with Crippen molar-refractivity contribution in [2.75, 3.05) is 6.54 Å². The summed E-state index contributed by atoms with van der Waals surface area (Å²) in [5.41, 5.74) is 6.40. The second kappa shape index (κ2) is 13.5. The van der Waals surface area contributed by atoms with E-state index in [1.54, 1.807) is 12.1 Å². The zero-order chi connectivity index (χ0) is 31.2. The third-order valence-electron chi connectivity index (χ3n) is 7.59. The van der Waals surface area contributed by atoms with E-state index in [-0.39, 0.29) is 30.0 Å². The summed E-state index contributed by atoms with van der Waals surface area (Å²) in [5, 5.41) is 6.12. The van der Waals surface area contributed by atoms with Crippen LogP contribution in [0.2, 0.25) is 0 Å². The van der Waals surface area contributed by atoms with Crippen LogP contribution >= 0.6 is 12.2 Å². The molecule has 0 radical (unpaired) electrons. The topological polar surface area (TPSA) is 159 Å². The highest BCUT2D eigenvalue weighted by Gasteiger charge is 2.34. The highest BCUT2D eigenvalue weighted by Crippen LogP contribution is 2.17. The summed E-state index contributed by atoms with van der Waals surface area (Å²) in [6.07, 6.45) is 1.70. The Morgan fingerprint density at radius 1 is 0.886 bits per heavy atom. The zero-order valence-corrected chi connectivity index (χ0v) is 24.6. The lowest BCUT2D eigenvalue weighted by Crippen LogP contribution is -2.46. The zero-order valence-electron chi connectivity index (χ0n) is 23.8. The number of thiocarbonyl (C=S) groups is 1. The number of primary amides is 1. The second-order valence-corrected chi connectivity index (χ2v) is 11.0. The van der Waals surface area contributed by atoms with Gasteiger partial charge in [0.2, 0.25) is 5.91 Å². The molecule has 5 rings (SSSR count). The summed E-state index contributed by atoms with van der Waals surface area (Å²) >= 11 is 5.40. The fourth-order valence-electron chi connectivity index (χ4n) is 5.33. The lowest BCUT2D eigenvalue weighted by atomic mass is 10.0. The summed E-state index contributed by atoms with van der Waals surface area (Å²) in [5.74, 6) is -1.42. The molecule has 1 aromatic heterocycles. The normalized spacial score (nSPS) is 15.3. The number of para-hydroxylation sites is 1. The SMILES string of the molecule is NC(=O)[C@H](Cc1ccccc1)NC(=O)c1cccc2c1[nH]c(=O)c(=O)n2CCCCN1C(=O)C(Cc2ccccc2)NC1=S. The molecular weight excluding hydrogens is 580 g/mol. The van der Waals surface area contributed by atoms with E-state index in [0.717, 1.165) is 11.1 Å². The number of hydrogen-bond acceptors (Lipinski definition) is 6. The van der Waals surface area contributed by atoms with Crippen molar-refractivity contribution in [1.82, 2.24) is 25.1 Å². The molecule has 44 heavy (non-hydrogen) atoms. The van der Waals surface area contributed by atoms with E-state index in [1.807, 2.05) is 60.7 Å². The molecule has 4 aromatic rings. The summed E-state index contributed by atoms with van der Waals surface area (Å²) in [4.78, 5) is 68.0.